The summed E-state index contributed by atoms with van der Waals surface area (Å²) in [6, 6.07) is -0.671. The molecule has 2 amide bonds. The molecule has 110 valence electrons. The topological polar surface area (TPSA) is 78.9 Å². The number of nitrogens with zero attached hydrogens (tertiary/aromatic N) is 1. The molecule has 6 heteroatoms. The van der Waals surface area contributed by atoms with Gasteiger partial charge in [0.1, 0.15) is 0 Å². The molecule has 0 aromatic heterocycles. The van der Waals surface area contributed by atoms with Gasteiger partial charge in [-0.3, -0.25) is 4.79 Å². The number of urea groups is 1. The Labute approximate surface area is 114 Å². The van der Waals surface area contributed by atoms with E-state index in [0.717, 1.165) is 12.5 Å². The summed E-state index contributed by atoms with van der Waals surface area (Å²) in [5, 5.41) is 11.5. The lowest BCUT2D eigenvalue weighted by Gasteiger charge is -2.23. The van der Waals surface area contributed by atoms with Crippen LogP contribution in [0.5, 0.6) is 0 Å². The number of carboxylic acids is 1. The molecule has 1 rings (SSSR count). The largest absolute Gasteiger partial charge is 0.481 e. The number of carbonyl (C=O) groups excluding carboxylic acids is 1. The Morgan fingerprint density at radius 3 is 2.58 bits per heavy atom. The average molecular weight is 272 g/mol. The Morgan fingerprint density at radius 1 is 1.42 bits per heavy atom. The van der Waals surface area contributed by atoms with Crippen molar-refractivity contribution >= 4 is 12.0 Å². The summed E-state index contributed by atoms with van der Waals surface area (Å²) < 4.78 is 5.45. The quantitative estimate of drug-likeness (QED) is 0.650. The highest BCUT2D eigenvalue weighted by atomic mass is 16.5. The summed E-state index contributed by atoms with van der Waals surface area (Å²) in [7, 11) is 1.67. The Kier molecular flexibility index (Phi) is 6.08. The van der Waals surface area contributed by atoms with Crippen molar-refractivity contribution < 1.29 is 19.4 Å². The van der Waals surface area contributed by atoms with Crippen LogP contribution in [0.25, 0.3) is 0 Å². The molecule has 2 unspecified atom stereocenters. The van der Waals surface area contributed by atoms with Crippen LogP contribution >= 0.6 is 0 Å². The van der Waals surface area contributed by atoms with E-state index >= 15 is 0 Å². The van der Waals surface area contributed by atoms with Crippen LogP contribution in [0.2, 0.25) is 0 Å². The lowest BCUT2D eigenvalue weighted by Crippen LogP contribution is -2.46. The van der Waals surface area contributed by atoms with E-state index in [1.54, 1.807) is 20.9 Å². The number of carboxylic acid groups (broad SMARTS) is 1. The fourth-order valence-corrected chi connectivity index (χ4v) is 1.48. The van der Waals surface area contributed by atoms with Crippen LogP contribution in [0, 0.1) is 11.8 Å². The van der Waals surface area contributed by atoms with Crippen LogP contribution in [0.4, 0.5) is 4.79 Å². The van der Waals surface area contributed by atoms with Gasteiger partial charge in [0.05, 0.1) is 12.5 Å². The lowest BCUT2D eigenvalue weighted by atomic mass is 10.0. The van der Waals surface area contributed by atoms with E-state index in [9.17, 15) is 9.59 Å². The lowest BCUT2D eigenvalue weighted by molar-refractivity contribution is -0.141. The fourth-order valence-electron chi connectivity index (χ4n) is 1.48. The summed E-state index contributed by atoms with van der Waals surface area (Å²) in [5.74, 6) is -0.803. The monoisotopic (exact) mass is 272 g/mol. The first-order valence-electron chi connectivity index (χ1n) is 6.74. The molecule has 0 aliphatic heterocycles. The molecule has 2 atom stereocenters. The standard InChI is InChI=1S/C13H24N2O4/c1-9(12(16)17)10(2)14-13(18)15(3)6-7-19-8-11-4-5-11/h9-11H,4-8H2,1-3H3,(H,14,18)(H,16,17). The zero-order valence-corrected chi connectivity index (χ0v) is 11.9. The SMILES string of the molecule is CC(NC(=O)N(C)CCOCC1CC1)C(C)C(=O)O. The Balaban J connectivity index is 2.17. The first-order valence-corrected chi connectivity index (χ1v) is 6.74. The number of nitrogens with one attached hydrogen (secondary N) is 1. The second-order valence-corrected chi connectivity index (χ2v) is 5.30. The van der Waals surface area contributed by atoms with Crippen molar-refractivity contribution in [3.63, 3.8) is 0 Å². The highest BCUT2D eigenvalue weighted by molar-refractivity contribution is 5.76. The zero-order chi connectivity index (χ0) is 14.4. The van der Waals surface area contributed by atoms with Crippen molar-refractivity contribution in [1.82, 2.24) is 10.2 Å². The molecular formula is C13H24N2O4. The molecular weight excluding hydrogens is 248 g/mol. The molecule has 2 N–H and O–H groups in total. The van der Waals surface area contributed by atoms with Crippen LogP contribution in [0.15, 0.2) is 0 Å². The van der Waals surface area contributed by atoms with Gasteiger partial charge in [-0.15, -0.1) is 0 Å². The predicted octanol–water partition coefficient (Wildman–Crippen LogP) is 1.16. The smallest absolute Gasteiger partial charge is 0.317 e. The highest BCUT2D eigenvalue weighted by Gasteiger charge is 2.23. The van der Waals surface area contributed by atoms with Crippen molar-refractivity contribution in [3.8, 4) is 0 Å². The van der Waals surface area contributed by atoms with E-state index in [1.807, 2.05) is 0 Å². The van der Waals surface area contributed by atoms with Crippen molar-refractivity contribution in [2.75, 3.05) is 26.8 Å². The molecule has 0 bridgehead atoms. The maximum absolute atomic E-state index is 11.8. The highest BCUT2D eigenvalue weighted by Crippen LogP contribution is 2.28. The minimum atomic E-state index is -0.914. The van der Waals surface area contributed by atoms with E-state index in [4.69, 9.17) is 9.84 Å². The molecule has 1 saturated carbocycles. The van der Waals surface area contributed by atoms with Gasteiger partial charge in [0.2, 0.25) is 0 Å². The van der Waals surface area contributed by atoms with Crippen molar-refractivity contribution in [3.05, 3.63) is 0 Å². The second-order valence-electron chi connectivity index (χ2n) is 5.30. The van der Waals surface area contributed by atoms with E-state index < -0.39 is 17.9 Å². The molecule has 0 aromatic rings. The van der Waals surface area contributed by atoms with Crippen molar-refractivity contribution in [2.24, 2.45) is 11.8 Å². The average Bonchev–Trinajstić information content (AvgIpc) is 3.16. The third kappa shape index (κ3) is 5.92. The minimum absolute atomic E-state index is 0.268. The maximum Gasteiger partial charge on any atom is 0.317 e. The Hall–Kier alpha value is -1.30. The number of likely N-dealkylation sites (N-methyl/N-ethyl adjacent to an activating group) is 1. The van der Waals surface area contributed by atoms with Gasteiger partial charge < -0.3 is 20.1 Å². The number of aliphatic carboxylic acids is 1. The van der Waals surface area contributed by atoms with E-state index in [2.05, 4.69) is 5.32 Å². The molecule has 0 aromatic carbocycles. The summed E-state index contributed by atoms with van der Waals surface area (Å²) in [4.78, 5) is 24.1. The number of hydrogen-bond acceptors (Lipinski definition) is 3. The predicted molar refractivity (Wildman–Crippen MR) is 71.0 cm³/mol. The summed E-state index contributed by atoms with van der Waals surface area (Å²) in [6.07, 6.45) is 2.50. The summed E-state index contributed by atoms with van der Waals surface area (Å²) in [5.41, 5.74) is 0. The Bertz CT molecular complexity index is 318. The van der Waals surface area contributed by atoms with Crippen LogP contribution in [-0.2, 0) is 9.53 Å². The number of rotatable bonds is 8. The van der Waals surface area contributed by atoms with Crippen LogP contribution in [0.3, 0.4) is 0 Å². The third-order valence-corrected chi connectivity index (χ3v) is 3.46. The van der Waals surface area contributed by atoms with Crippen LogP contribution in [0.1, 0.15) is 26.7 Å². The first kappa shape index (κ1) is 15.8. The summed E-state index contributed by atoms with van der Waals surface area (Å²) >= 11 is 0. The van der Waals surface area contributed by atoms with Gasteiger partial charge in [-0.05, 0) is 32.6 Å². The molecule has 0 saturated heterocycles. The van der Waals surface area contributed by atoms with Gasteiger partial charge in [-0.1, -0.05) is 0 Å². The van der Waals surface area contributed by atoms with Gasteiger partial charge in [0.25, 0.3) is 0 Å². The minimum Gasteiger partial charge on any atom is -0.481 e. The van der Waals surface area contributed by atoms with Gasteiger partial charge in [-0.2, -0.15) is 0 Å². The Morgan fingerprint density at radius 2 is 2.05 bits per heavy atom. The molecule has 6 nitrogen and oxygen atoms in total. The maximum atomic E-state index is 11.8. The molecule has 1 fully saturated rings. The molecule has 0 radical (unpaired) electrons. The third-order valence-electron chi connectivity index (χ3n) is 3.46. The van der Waals surface area contributed by atoms with E-state index in [1.165, 1.54) is 17.7 Å². The second kappa shape index (κ2) is 7.33. The van der Waals surface area contributed by atoms with E-state index in [0.29, 0.717) is 13.2 Å². The molecule has 19 heavy (non-hydrogen) atoms. The van der Waals surface area contributed by atoms with Gasteiger partial charge in [-0.25, -0.2) is 4.79 Å². The number of carbonyl (C=O) groups is 2. The van der Waals surface area contributed by atoms with Crippen LogP contribution in [-0.4, -0.2) is 54.9 Å². The van der Waals surface area contributed by atoms with Crippen molar-refractivity contribution in [1.29, 1.82) is 0 Å². The first-order chi connectivity index (χ1) is 8.91. The number of hydrogen-bond donors (Lipinski definition) is 2. The van der Waals surface area contributed by atoms with Crippen molar-refractivity contribution in [2.45, 2.75) is 32.7 Å². The van der Waals surface area contributed by atoms with E-state index in [-0.39, 0.29) is 6.03 Å². The fraction of sp³-hybridized carbons (Fsp3) is 0.846. The number of amides is 2. The van der Waals surface area contributed by atoms with Gasteiger partial charge in [0.15, 0.2) is 0 Å². The molecule has 1 aliphatic carbocycles. The van der Waals surface area contributed by atoms with Crippen LogP contribution < -0.4 is 5.32 Å². The van der Waals surface area contributed by atoms with Gasteiger partial charge >= 0.3 is 12.0 Å². The summed E-state index contributed by atoms with van der Waals surface area (Å²) in [6.45, 7) is 5.07. The number of ether oxygens (including phenoxy) is 1. The molecule has 1 aliphatic rings. The van der Waals surface area contributed by atoms with Gasteiger partial charge in [0, 0.05) is 26.2 Å². The molecule has 0 spiro atoms. The molecule has 0 heterocycles. The zero-order valence-electron chi connectivity index (χ0n) is 11.9. The normalized spacial score (nSPS) is 17.6.